The van der Waals surface area contributed by atoms with E-state index in [1.54, 1.807) is 12.1 Å². The highest BCUT2D eigenvalue weighted by atomic mass is 35.5. The van der Waals surface area contributed by atoms with E-state index in [0.717, 1.165) is 19.3 Å². The number of hydrogen-bond donors (Lipinski definition) is 0. The summed E-state index contributed by atoms with van der Waals surface area (Å²) in [6, 6.07) is 4.44. The minimum absolute atomic E-state index is 0.0459. The van der Waals surface area contributed by atoms with Crippen molar-refractivity contribution in [1.82, 2.24) is 9.80 Å². The van der Waals surface area contributed by atoms with Crippen LogP contribution in [-0.4, -0.2) is 67.1 Å². The van der Waals surface area contributed by atoms with E-state index in [2.05, 4.69) is 0 Å². The topological polar surface area (TPSA) is 59.1 Å². The maximum Gasteiger partial charge on any atom is 0.320 e. The summed E-state index contributed by atoms with van der Waals surface area (Å²) in [5, 5.41) is 0.342. The van der Waals surface area contributed by atoms with Crippen molar-refractivity contribution in [2.75, 3.05) is 39.4 Å². The highest BCUT2D eigenvalue weighted by Gasteiger charge is 2.38. The van der Waals surface area contributed by atoms with Gasteiger partial charge in [0.15, 0.2) is 17.3 Å². The Morgan fingerprint density at radius 2 is 1.97 bits per heavy atom. The van der Waals surface area contributed by atoms with Crippen LogP contribution in [0.5, 0.6) is 5.75 Å². The van der Waals surface area contributed by atoms with E-state index >= 15 is 0 Å². The Kier molecular flexibility index (Phi) is 6.25. The first-order chi connectivity index (χ1) is 14.0. The van der Waals surface area contributed by atoms with Crippen LogP contribution in [0.1, 0.15) is 25.7 Å². The largest absolute Gasteiger partial charge is 0.490 e. The second-order valence-corrected chi connectivity index (χ2v) is 8.62. The first-order valence-electron chi connectivity index (χ1n) is 10.2. The van der Waals surface area contributed by atoms with Crippen LogP contribution in [0.2, 0.25) is 5.02 Å². The number of halogens is 2. The summed E-state index contributed by atoms with van der Waals surface area (Å²) in [4.78, 5) is 28.3. The maximum atomic E-state index is 13.8. The number of hydrogen-bond acceptors (Lipinski definition) is 4. The van der Waals surface area contributed by atoms with Crippen molar-refractivity contribution in [3.63, 3.8) is 0 Å². The fourth-order valence-corrected chi connectivity index (χ4v) is 4.60. The summed E-state index contributed by atoms with van der Waals surface area (Å²) in [7, 11) is 0. The summed E-state index contributed by atoms with van der Waals surface area (Å²) in [6.45, 7) is 3.23. The van der Waals surface area contributed by atoms with Gasteiger partial charge in [-0.25, -0.2) is 9.18 Å². The minimum atomic E-state index is -0.460. The molecule has 158 valence electrons. The zero-order chi connectivity index (χ0) is 20.4. The van der Waals surface area contributed by atoms with Crippen LogP contribution in [0.3, 0.4) is 0 Å². The van der Waals surface area contributed by atoms with Crippen molar-refractivity contribution in [3.8, 4) is 5.75 Å². The molecule has 1 aromatic carbocycles. The number of benzene rings is 1. The average molecular weight is 425 g/mol. The Balaban J connectivity index is 1.24. The molecule has 0 aliphatic carbocycles. The highest BCUT2D eigenvalue weighted by Crippen LogP contribution is 2.29. The van der Waals surface area contributed by atoms with Crippen LogP contribution in [0, 0.1) is 17.7 Å². The van der Waals surface area contributed by atoms with Gasteiger partial charge in [-0.2, -0.15) is 0 Å². The van der Waals surface area contributed by atoms with Crippen molar-refractivity contribution in [1.29, 1.82) is 0 Å². The van der Waals surface area contributed by atoms with Crippen molar-refractivity contribution in [3.05, 3.63) is 29.0 Å². The van der Waals surface area contributed by atoms with Gasteiger partial charge in [0.25, 0.3) is 0 Å². The molecule has 2 atom stereocenters. The molecule has 1 aromatic rings. The number of ether oxygens (including phenoxy) is 2. The summed E-state index contributed by atoms with van der Waals surface area (Å²) in [5.41, 5.74) is 0. The lowest BCUT2D eigenvalue weighted by Crippen LogP contribution is -2.54. The number of piperidine rings is 2. The van der Waals surface area contributed by atoms with E-state index in [1.807, 2.05) is 9.80 Å². The van der Waals surface area contributed by atoms with Gasteiger partial charge in [0, 0.05) is 43.5 Å². The van der Waals surface area contributed by atoms with Gasteiger partial charge in [0.1, 0.15) is 6.61 Å². The summed E-state index contributed by atoms with van der Waals surface area (Å²) in [5.74, 6) is 0.274. The number of likely N-dealkylation sites (tertiary alicyclic amines) is 2. The Hall–Kier alpha value is -1.86. The number of carbonyl (C=O) groups is 2. The van der Waals surface area contributed by atoms with E-state index in [9.17, 15) is 14.0 Å². The molecule has 3 heterocycles. The second-order valence-electron chi connectivity index (χ2n) is 8.19. The maximum absolute atomic E-state index is 13.8. The number of carbonyl (C=O) groups excluding carboxylic acids is 2. The molecule has 3 fully saturated rings. The lowest BCUT2D eigenvalue weighted by Gasteiger charge is -2.43. The van der Waals surface area contributed by atoms with Gasteiger partial charge in [0.05, 0.1) is 12.7 Å². The van der Waals surface area contributed by atoms with Crippen LogP contribution in [0.15, 0.2) is 18.2 Å². The molecule has 0 N–H and O–H groups in total. The highest BCUT2D eigenvalue weighted by molar-refractivity contribution is 6.30. The lowest BCUT2D eigenvalue weighted by molar-refractivity contribution is -0.140. The number of rotatable bonds is 3. The fourth-order valence-electron chi connectivity index (χ4n) is 4.44. The predicted molar refractivity (Wildman–Crippen MR) is 106 cm³/mol. The van der Waals surface area contributed by atoms with Gasteiger partial charge in [-0.05, 0) is 43.4 Å². The minimum Gasteiger partial charge on any atom is -0.490 e. The molecule has 0 radical (unpaired) electrons. The molecular weight excluding hydrogens is 399 g/mol. The first kappa shape index (κ1) is 20.4. The molecule has 0 aromatic heterocycles. The molecule has 0 saturated carbocycles. The van der Waals surface area contributed by atoms with E-state index in [4.69, 9.17) is 21.1 Å². The van der Waals surface area contributed by atoms with Gasteiger partial charge in [-0.3, -0.25) is 4.79 Å². The number of amides is 2. The molecule has 6 nitrogen and oxygen atoms in total. The van der Waals surface area contributed by atoms with Crippen LogP contribution in [0.25, 0.3) is 0 Å². The normalized spacial score (nSPS) is 25.7. The number of Topliss-reactive ketones (excluding diaryl/α,β-unsaturated/α-hetero) is 1. The molecule has 4 rings (SSSR count). The third-order valence-electron chi connectivity index (χ3n) is 6.14. The van der Waals surface area contributed by atoms with Gasteiger partial charge in [-0.15, -0.1) is 0 Å². The molecular formula is C21H26ClFN2O4. The first-order valence-corrected chi connectivity index (χ1v) is 10.6. The van der Waals surface area contributed by atoms with Gasteiger partial charge in [-0.1, -0.05) is 11.6 Å². The van der Waals surface area contributed by atoms with Crippen molar-refractivity contribution in [2.24, 2.45) is 11.8 Å². The number of fused-ring (bicyclic) bond motifs is 1. The van der Waals surface area contributed by atoms with E-state index < -0.39 is 5.82 Å². The Bertz CT molecular complexity index is 769. The third kappa shape index (κ3) is 4.83. The third-order valence-corrected chi connectivity index (χ3v) is 6.37. The molecule has 0 spiro atoms. The van der Waals surface area contributed by atoms with Gasteiger partial charge < -0.3 is 19.3 Å². The quantitative estimate of drug-likeness (QED) is 0.746. The van der Waals surface area contributed by atoms with Crippen LogP contribution >= 0.6 is 11.6 Å². The van der Waals surface area contributed by atoms with Gasteiger partial charge in [0.2, 0.25) is 0 Å². The molecule has 3 aliphatic heterocycles. The molecule has 29 heavy (non-hydrogen) atoms. The molecule has 0 bridgehead atoms. The average Bonchev–Trinajstić information content (AvgIpc) is 2.72. The fraction of sp³-hybridized carbons (Fsp3) is 0.619. The van der Waals surface area contributed by atoms with E-state index in [1.165, 1.54) is 6.07 Å². The molecule has 0 unspecified atom stereocenters. The standard InChI is InChI=1S/C21H26ClFN2O4/c22-16-1-2-20(18(23)10-16)28-12-14-3-6-24(7-4-14)21(27)25-8-5-19-15(11-25)9-17(26)13-29-19/h1-2,10,14-15,19H,3-9,11-13H2/t15-,19+/m1/s1. The second kappa shape index (κ2) is 8.88. The zero-order valence-corrected chi connectivity index (χ0v) is 17.1. The summed E-state index contributed by atoms with van der Waals surface area (Å²) >= 11 is 5.76. The number of nitrogens with zero attached hydrogens (tertiary/aromatic N) is 2. The van der Waals surface area contributed by atoms with Gasteiger partial charge >= 0.3 is 6.03 Å². The SMILES string of the molecule is O=C1CO[C@H]2CCN(C(=O)N3CCC(COc4ccc(Cl)cc4F)CC3)C[C@H]2C1. The Labute approximate surface area is 174 Å². The van der Waals surface area contributed by atoms with E-state index in [-0.39, 0.29) is 42.1 Å². The number of urea groups is 1. The molecule has 3 aliphatic rings. The molecule has 2 amide bonds. The lowest BCUT2D eigenvalue weighted by atomic mass is 9.88. The summed E-state index contributed by atoms with van der Waals surface area (Å²) in [6.07, 6.45) is 3.05. The Morgan fingerprint density at radius 3 is 2.72 bits per heavy atom. The van der Waals surface area contributed by atoms with Crippen molar-refractivity contribution < 1.29 is 23.5 Å². The number of ketones is 1. The Morgan fingerprint density at radius 1 is 1.21 bits per heavy atom. The monoisotopic (exact) mass is 424 g/mol. The van der Waals surface area contributed by atoms with Crippen LogP contribution in [0.4, 0.5) is 9.18 Å². The molecule has 8 heteroatoms. The zero-order valence-electron chi connectivity index (χ0n) is 16.3. The molecule has 3 saturated heterocycles. The van der Waals surface area contributed by atoms with Crippen LogP contribution < -0.4 is 4.74 Å². The van der Waals surface area contributed by atoms with Crippen molar-refractivity contribution in [2.45, 2.75) is 31.8 Å². The summed E-state index contributed by atoms with van der Waals surface area (Å²) < 4.78 is 25.1. The smallest absolute Gasteiger partial charge is 0.320 e. The van der Waals surface area contributed by atoms with Crippen LogP contribution in [-0.2, 0) is 9.53 Å². The van der Waals surface area contributed by atoms with E-state index in [0.29, 0.717) is 44.2 Å². The van der Waals surface area contributed by atoms with Crippen molar-refractivity contribution >= 4 is 23.4 Å². The predicted octanol–water partition coefficient (Wildman–Crippen LogP) is 3.37.